The van der Waals surface area contributed by atoms with Gasteiger partial charge in [0.05, 0.1) is 30.6 Å². The zero-order valence-electron chi connectivity index (χ0n) is 10.7. The van der Waals surface area contributed by atoms with Crippen molar-refractivity contribution in [3.8, 4) is 0 Å². The first-order valence-electron chi connectivity index (χ1n) is 5.82. The Hall–Kier alpha value is -2.04. The van der Waals surface area contributed by atoms with Crippen molar-refractivity contribution in [2.24, 2.45) is 0 Å². The van der Waals surface area contributed by atoms with Crippen LogP contribution in [0.4, 0.5) is 11.4 Å². The number of hydrogen-bond acceptors (Lipinski definition) is 4. The Morgan fingerprint density at radius 2 is 2.17 bits per heavy atom. The van der Waals surface area contributed by atoms with Gasteiger partial charge in [0.15, 0.2) is 0 Å². The van der Waals surface area contributed by atoms with Crippen LogP contribution in [0.3, 0.4) is 0 Å². The van der Waals surface area contributed by atoms with Gasteiger partial charge in [-0.15, -0.1) is 0 Å². The summed E-state index contributed by atoms with van der Waals surface area (Å²) in [5.41, 5.74) is 1.77. The predicted octanol–water partition coefficient (Wildman–Crippen LogP) is 1.64. The molecule has 1 amide bonds. The highest BCUT2D eigenvalue weighted by atomic mass is 16.5. The van der Waals surface area contributed by atoms with Crippen LogP contribution >= 0.6 is 0 Å². The normalized spacial score (nSPS) is 14.2. The fraction of sp³-hybridized carbons (Fsp3) is 0.385. The van der Waals surface area contributed by atoms with Crippen LogP contribution < -0.4 is 10.2 Å². The number of amides is 1. The highest BCUT2D eigenvalue weighted by molar-refractivity contribution is 6.08. The third kappa shape index (κ3) is 2.03. The van der Waals surface area contributed by atoms with Gasteiger partial charge < -0.3 is 15.0 Å². The van der Waals surface area contributed by atoms with Crippen molar-refractivity contribution in [2.45, 2.75) is 19.9 Å². The summed E-state index contributed by atoms with van der Waals surface area (Å²) in [5, 5.41) is 2.75. The smallest absolute Gasteiger partial charge is 0.340 e. The van der Waals surface area contributed by atoms with E-state index in [2.05, 4.69) is 5.32 Å². The number of para-hydroxylation sites is 1. The molecule has 1 N–H and O–H groups in total. The Bertz CT molecular complexity index is 497. The number of ether oxygens (including phenoxy) is 1. The number of methoxy groups -OCH3 is 1. The molecular weight excluding hydrogens is 232 g/mol. The lowest BCUT2D eigenvalue weighted by atomic mass is 10.1. The van der Waals surface area contributed by atoms with Crippen molar-refractivity contribution in [1.82, 2.24) is 0 Å². The van der Waals surface area contributed by atoms with Crippen LogP contribution in [-0.4, -0.2) is 31.6 Å². The van der Waals surface area contributed by atoms with Gasteiger partial charge >= 0.3 is 5.97 Å². The molecule has 5 heteroatoms. The second kappa shape index (κ2) is 4.68. The number of hydrogen-bond donors (Lipinski definition) is 1. The number of nitrogens with zero attached hydrogens (tertiary/aromatic N) is 1. The van der Waals surface area contributed by atoms with Gasteiger partial charge in [0.25, 0.3) is 0 Å². The number of nitrogens with one attached hydrogen (secondary N) is 1. The van der Waals surface area contributed by atoms with Crippen molar-refractivity contribution in [3.63, 3.8) is 0 Å². The monoisotopic (exact) mass is 248 g/mol. The molecule has 0 unspecified atom stereocenters. The molecule has 96 valence electrons. The van der Waals surface area contributed by atoms with Gasteiger partial charge in [0.2, 0.25) is 5.91 Å². The first-order chi connectivity index (χ1) is 8.54. The van der Waals surface area contributed by atoms with Crippen LogP contribution in [0.1, 0.15) is 24.2 Å². The number of carbonyl (C=O) groups excluding carboxylic acids is 2. The van der Waals surface area contributed by atoms with E-state index < -0.39 is 5.97 Å². The van der Waals surface area contributed by atoms with Gasteiger partial charge in [0, 0.05) is 6.04 Å². The summed E-state index contributed by atoms with van der Waals surface area (Å²) in [7, 11) is 1.33. The molecule has 1 aromatic carbocycles. The minimum absolute atomic E-state index is 0.118. The average Bonchev–Trinajstić information content (AvgIpc) is 2.36. The molecule has 0 saturated heterocycles. The molecule has 5 nitrogen and oxygen atoms in total. The summed E-state index contributed by atoms with van der Waals surface area (Å²) >= 11 is 0. The molecule has 18 heavy (non-hydrogen) atoms. The highest BCUT2D eigenvalue weighted by Crippen LogP contribution is 2.34. The summed E-state index contributed by atoms with van der Waals surface area (Å²) in [4.78, 5) is 25.3. The van der Waals surface area contributed by atoms with Crippen LogP contribution in [0.5, 0.6) is 0 Å². The molecule has 0 atom stereocenters. The topological polar surface area (TPSA) is 58.6 Å². The fourth-order valence-corrected chi connectivity index (χ4v) is 2.07. The van der Waals surface area contributed by atoms with Crippen molar-refractivity contribution < 1.29 is 14.3 Å². The maximum absolute atomic E-state index is 11.7. The van der Waals surface area contributed by atoms with Gasteiger partial charge in [-0.3, -0.25) is 4.79 Å². The van der Waals surface area contributed by atoms with Crippen LogP contribution in [0.2, 0.25) is 0 Å². The van der Waals surface area contributed by atoms with Crippen molar-refractivity contribution in [1.29, 1.82) is 0 Å². The third-order valence-corrected chi connectivity index (χ3v) is 2.96. The molecule has 1 aliphatic rings. The summed E-state index contributed by atoms with van der Waals surface area (Å²) in [6, 6.07) is 5.51. The standard InChI is InChI=1S/C13H16N2O3/c1-8(2)15-7-11(16)14-12-9(13(17)18-3)5-4-6-10(12)15/h4-6,8H,7H2,1-3H3,(H,14,16). The maximum atomic E-state index is 11.7. The highest BCUT2D eigenvalue weighted by Gasteiger charge is 2.27. The summed E-state index contributed by atoms with van der Waals surface area (Å²) < 4.78 is 4.72. The second-order valence-corrected chi connectivity index (χ2v) is 4.46. The molecule has 0 saturated carbocycles. The van der Waals surface area contributed by atoms with Crippen LogP contribution in [-0.2, 0) is 9.53 Å². The number of benzene rings is 1. The second-order valence-electron chi connectivity index (χ2n) is 4.46. The number of rotatable bonds is 2. The molecule has 1 heterocycles. The lowest BCUT2D eigenvalue weighted by molar-refractivity contribution is -0.115. The molecule has 1 aromatic rings. The van der Waals surface area contributed by atoms with Gasteiger partial charge in [0.1, 0.15) is 0 Å². The van der Waals surface area contributed by atoms with Gasteiger partial charge in [-0.05, 0) is 26.0 Å². The third-order valence-electron chi connectivity index (χ3n) is 2.96. The number of carbonyl (C=O) groups is 2. The van der Waals surface area contributed by atoms with Crippen molar-refractivity contribution in [2.75, 3.05) is 23.9 Å². The van der Waals surface area contributed by atoms with E-state index in [0.29, 0.717) is 17.8 Å². The lowest BCUT2D eigenvalue weighted by Crippen LogP contribution is -2.42. The van der Waals surface area contributed by atoms with E-state index in [9.17, 15) is 9.59 Å². The van der Waals surface area contributed by atoms with Crippen LogP contribution in [0.15, 0.2) is 18.2 Å². The fourth-order valence-electron chi connectivity index (χ4n) is 2.07. The van der Waals surface area contributed by atoms with Crippen molar-refractivity contribution in [3.05, 3.63) is 23.8 Å². The minimum Gasteiger partial charge on any atom is -0.465 e. The molecule has 2 rings (SSSR count). The van der Waals surface area contributed by atoms with E-state index in [1.54, 1.807) is 12.1 Å². The molecule has 1 aliphatic heterocycles. The van der Waals surface area contributed by atoms with Crippen molar-refractivity contribution >= 4 is 23.3 Å². The quantitative estimate of drug-likeness (QED) is 0.808. The number of esters is 1. The first-order valence-corrected chi connectivity index (χ1v) is 5.82. The molecular formula is C13H16N2O3. The van der Waals surface area contributed by atoms with E-state index in [0.717, 1.165) is 5.69 Å². The first kappa shape index (κ1) is 12.4. The largest absolute Gasteiger partial charge is 0.465 e. The molecule has 0 aliphatic carbocycles. The average molecular weight is 248 g/mol. The van der Waals surface area contributed by atoms with E-state index in [4.69, 9.17) is 4.74 Å². The Balaban J connectivity index is 2.54. The zero-order chi connectivity index (χ0) is 13.3. The Morgan fingerprint density at radius 3 is 2.78 bits per heavy atom. The molecule has 0 bridgehead atoms. The maximum Gasteiger partial charge on any atom is 0.340 e. The minimum atomic E-state index is -0.447. The van der Waals surface area contributed by atoms with Gasteiger partial charge in [-0.2, -0.15) is 0 Å². The molecule has 0 radical (unpaired) electrons. The number of fused-ring (bicyclic) bond motifs is 1. The Labute approximate surface area is 106 Å². The lowest BCUT2D eigenvalue weighted by Gasteiger charge is -2.34. The summed E-state index contributed by atoms with van der Waals surface area (Å²) in [6.07, 6.45) is 0. The van der Waals surface area contributed by atoms with E-state index in [-0.39, 0.29) is 11.9 Å². The Kier molecular flexibility index (Phi) is 3.23. The summed E-state index contributed by atoms with van der Waals surface area (Å²) in [6.45, 7) is 4.32. The Morgan fingerprint density at radius 1 is 1.44 bits per heavy atom. The predicted molar refractivity (Wildman–Crippen MR) is 68.9 cm³/mol. The summed E-state index contributed by atoms with van der Waals surface area (Å²) in [5.74, 6) is -0.565. The molecule has 0 spiro atoms. The molecule has 0 aromatic heterocycles. The van der Waals surface area contributed by atoms with Gasteiger partial charge in [-0.25, -0.2) is 4.79 Å². The molecule has 0 fully saturated rings. The van der Waals surface area contributed by atoms with Crippen LogP contribution in [0, 0.1) is 0 Å². The zero-order valence-corrected chi connectivity index (χ0v) is 10.7. The van der Waals surface area contributed by atoms with Crippen LogP contribution in [0.25, 0.3) is 0 Å². The SMILES string of the molecule is COC(=O)c1cccc2c1NC(=O)CN2C(C)C. The van der Waals surface area contributed by atoms with E-state index >= 15 is 0 Å². The van der Waals surface area contributed by atoms with E-state index in [1.807, 2.05) is 24.8 Å². The van der Waals surface area contributed by atoms with Gasteiger partial charge in [-0.1, -0.05) is 6.07 Å². The van der Waals surface area contributed by atoms with E-state index in [1.165, 1.54) is 7.11 Å². The number of anilines is 2.